The van der Waals surface area contributed by atoms with Crippen molar-refractivity contribution in [3.8, 4) is 0 Å². The molecule has 3 rings (SSSR count). The van der Waals surface area contributed by atoms with Crippen molar-refractivity contribution < 1.29 is 36.3 Å². The lowest BCUT2D eigenvalue weighted by molar-refractivity contribution is -0.192. The van der Waals surface area contributed by atoms with Crippen LogP contribution in [-0.2, 0) is 26.0 Å². The van der Waals surface area contributed by atoms with Gasteiger partial charge in [-0.15, -0.1) is 0 Å². The Balaban J connectivity index is 0.000000604. The fourth-order valence-corrected chi connectivity index (χ4v) is 4.37. The molecule has 0 saturated heterocycles. The number of nitrogens with zero attached hydrogens (tertiary/aromatic N) is 3. The second kappa shape index (κ2) is 13.2. The number of halogens is 3. The summed E-state index contributed by atoms with van der Waals surface area (Å²) in [6, 6.07) is 16.4. The van der Waals surface area contributed by atoms with Crippen LogP contribution < -0.4 is 5.32 Å². The van der Waals surface area contributed by atoms with E-state index in [2.05, 4.69) is 22.4 Å². The number of amides is 1. The van der Waals surface area contributed by atoms with Gasteiger partial charge < -0.3 is 15.3 Å². The van der Waals surface area contributed by atoms with E-state index in [4.69, 9.17) is 9.90 Å². The Kier molecular flexibility index (Phi) is 10.6. The maximum atomic E-state index is 12.5. The maximum absolute atomic E-state index is 12.5. The van der Waals surface area contributed by atoms with E-state index in [-0.39, 0.29) is 23.8 Å². The first-order valence-electron chi connectivity index (χ1n) is 11.3. The third-order valence-electron chi connectivity index (χ3n) is 5.40. The van der Waals surface area contributed by atoms with Crippen molar-refractivity contribution in [2.24, 2.45) is 4.99 Å². The van der Waals surface area contributed by atoms with Gasteiger partial charge >= 0.3 is 12.1 Å². The molecule has 0 fully saturated rings. The number of carboxylic acid groups (broad SMARTS) is 1. The maximum Gasteiger partial charge on any atom is 0.490 e. The van der Waals surface area contributed by atoms with E-state index in [0.29, 0.717) is 6.54 Å². The van der Waals surface area contributed by atoms with Crippen LogP contribution in [0.5, 0.6) is 0 Å². The third-order valence-corrected chi connectivity index (χ3v) is 7.27. The molecule has 0 atom stereocenters. The minimum absolute atomic E-state index is 0.0776. The molecular weight excluding hydrogens is 513 g/mol. The monoisotopic (exact) mass is 542 g/mol. The van der Waals surface area contributed by atoms with Crippen molar-refractivity contribution in [2.75, 3.05) is 40.3 Å². The lowest BCUT2D eigenvalue weighted by Crippen LogP contribution is -2.34. The zero-order valence-electron chi connectivity index (χ0n) is 20.4. The van der Waals surface area contributed by atoms with Gasteiger partial charge in [-0.05, 0) is 24.1 Å². The van der Waals surface area contributed by atoms with Gasteiger partial charge in [-0.2, -0.15) is 13.2 Å². The number of carboxylic acids is 1. The van der Waals surface area contributed by atoms with Gasteiger partial charge in [0.2, 0.25) is 15.9 Å². The highest BCUT2D eigenvalue weighted by Crippen LogP contribution is 2.14. The first-order chi connectivity index (χ1) is 17.3. The molecule has 13 heteroatoms. The summed E-state index contributed by atoms with van der Waals surface area (Å²) in [4.78, 5) is 27.6. The number of sulfonamides is 1. The molecule has 2 aromatic rings. The average molecular weight is 543 g/mol. The quantitative estimate of drug-likeness (QED) is 0.502. The summed E-state index contributed by atoms with van der Waals surface area (Å²) >= 11 is 0. The Morgan fingerprint density at radius 1 is 1.03 bits per heavy atom. The molecule has 1 heterocycles. The predicted octanol–water partition coefficient (Wildman–Crippen LogP) is 2.38. The van der Waals surface area contributed by atoms with Crippen molar-refractivity contribution in [3.63, 3.8) is 0 Å². The lowest BCUT2D eigenvalue weighted by Gasteiger charge is -2.20. The summed E-state index contributed by atoms with van der Waals surface area (Å²) in [5.74, 6) is -1.90. The molecule has 0 aliphatic carbocycles. The molecule has 2 N–H and O–H groups in total. The van der Waals surface area contributed by atoms with Crippen LogP contribution in [0.25, 0.3) is 0 Å². The van der Waals surface area contributed by atoms with Gasteiger partial charge in [0, 0.05) is 45.7 Å². The molecule has 2 aromatic carbocycles. The Morgan fingerprint density at radius 3 is 2.14 bits per heavy atom. The van der Waals surface area contributed by atoms with Crippen LogP contribution in [0.1, 0.15) is 17.5 Å². The number of aliphatic carboxylic acids is 1. The molecule has 1 aliphatic heterocycles. The summed E-state index contributed by atoms with van der Waals surface area (Å²) < 4.78 is 58.0. The van der Waals surface area contributed by atoms with Crippen molar-refractivity contribution in [1.29, 1.82) is 0 Å². The Bertz CT molecular complexity index is 1190. The molecule has 9 nitrogen and oxygen atoms in total. The van der Waals surface area contributed by atoms with Crippen LogP contribution >= 0.6 is 0 Å². The average Bonchev–Trinajstić information content (AvgIpc) is 3.41. The smallest absolute Gasteiger partial charge is 0.475 e. The number of alkyl halides is 3. The van der Waals surface area contributed by atoms with E-state index in [9.17, 15) is 26.4 Å². The standard InChI is InChI=1S/C22H28N4O3S.C2HF3O2/c1-25(16-12-18-8-10-19(11-9-18)22-23-14-15-24-22)21(27)13-17-26(2)30(28,29)20-6-4-3-5-7-20;3-2(4,5)1(6)7/h3-11H,12-17H2,1-2H3,(H,23,24);(H,6,7). The van der Waals surface area contributed by atoms with Crippen molar-refractivity contribution >= 4 is 27.7 Å². The molecule has 0 unspecified atom stereocenters. The van der Waals surface area contributed by atoms with Crippen LogP contribution in [0.3, 0.4) is 0 Å². The molecule has 0 saturated carbocycles. The topological polar surface area (TPSA) is 119 Å². The minimum Gasteiger partial charge on any atom is -0.475 e. The first kappa shape index (κ1) is 29.8. The normalized spacial score (nSPS) is 13.3. The highest BCUT2D eigenvalue weighted by Gasteiger charge is 2.38. The van der Waals surface area contributed by atoms with Gasteiger partial charge in [-0.25, -0.2) is 17.5 Å². The molecule has 0 radical (unpaired) electrons. The molecule has 0 spiro atoms. The number of rotatable bonds is 9. The van der Waals surface area contributed by atoms with Crippen molar-refractivity contribution in [3.05, 3.63) is 65.7 Å². The van der Waals surface area contributed by atoms with E-state index >= 15 is 0 Å². The number of hydrogen-bond acceptors (Lipinski definition) is 6. The zero-order chi connectivity index (χ0) is 27.6. The van der Waals surface area contributed by atoms with Crippen LogP contribution in [0.2, 0.25) is 0 Å². The molecule has 1 aliphatic rings. The van der Waals surface area contributed by atoms with Gasteiger partial charge in [0.05, 0.1) is 11.4 Å². The zero-order valence-corrected chi connectivity index (χ0v) is 21.2. The summed E-state index contributed by atoms with van der Waals surface area (Å²) in [6.07, 6.45) is -4.20. The van der Waals surface area contributed by atoms with E-state index in [0.717, 1.165) is 36.5 Å². The van der Waals surface area contributed by atoms with Gasteiger partial charge in [0.1, 0.15) is 5.84 Å². The molecule has 0 bridgehead atoms. The van der Waals surface area contributed by atoms with Crippen LogP contribution in [0, 0.1) is 0 Å². The fourth-order valence-electron chi connectivity index (χ4n) is 3.18. The summed E-state index contributed by atoms with van der Waals surface area (Å²) in [5, 5.41) is 10.4. The Labute approximate surface area is 213 Å². The first-order valence-corrected chi connectivity index (χ1v) is 12.7. The predicted molar refractivity (Wildman–Crippen MR) is 132 cm³/mol. The van der Waals surface area contributed by atoms with E-state index in [1.807, 2.05) is 12.1 Å². The largest absolute Gasteiger partial charge is 0.490 e. The second-order valence-electron chi connectivity index (χ2n) is 8.11. The lowest BCUT2D eigenvalue weighted by atomic mass is 10.1. The number of amidine groups is 1. The molecule has 202 valence electrons. The molecule has 1 amide bonds. The third kappa shape index (κ3) is 9.17. The van der Waals surface area contributed by atoms with Gasteiger partial charge in [-0.3, -0.25) is 9.79 Å². The Morgan fingerprint density at radius 2 is 1.62 bits per heavy atom. The van der Waals surface area contributed by atoms with Gasteiger partial charge in [0.25, 0.3) is 0 Å². The van der Waals surface area contributed by atoms with Crippen LogP contribution in [0.4, 0.5) is 13.2 Å². The van der Waals surface area contributed by atoms with Gasteiger partial charge in [-0.1, -0.05) is 42.5 Å². The number of nitrogens with one attached hydrogen (secondary N) is 1. The molecule has 0 aromatic heterocycles. The minimum atomic E-state index is -5.08. The highest BCUT2D eigenvalue weighted by atomic mass is 32.2. The number of likely N-dealkylation sites (N-methyl/N-ethyl adjacent to an activating group) is 1. The second-order valence-corrected chi connectivity index (χ2v) is 10.2. The number of carbonyl (C=O) groups is 2. The van der Waals surface area contributed by atoms with E-state index in [1.165, 1.54) is 11.4 Å². The van der Waals surface area contributed by atoms with Gasteiger partial charge in [0.15, 0.2) is 0 Å². The van der Waals surface area contributed by atoms with Crippen LogP contribution in [-0.4, -0.2) is 86.9 Å². The number of carbonyl (C=O) groups excluding carboxylic acids is 1. The van der Waals surface area contributed by atoms with E-state index in [1.54, 1.807) is 42.3 Å². The number of hydrogen-bond donors (Lipinski definition) is 2. The summed E-state index contributed by atoms with van der Waals surface area (Å²) in [7, 11) is -0.329. The highest BCUT2D eigenvalue weighted by molar-refractivity contribution is 7.89. The number of benzene rings is 2. The SMILES string of the molecule is CN(CCc1ccc(C2=NCCN2)cc1)C(=O)CCN(C)S(=O)(=O)c1ccccc1.O=C(O)C(F)(F)F. The summed E-state index contributed by atoms with van der Waals surface area (Å²) in [5.41, 5.74) is 2.21. The molecular formula is C24H29F3N4O5S. The van der Waals surface area contributed by atoms with E-state index < -0.39 is 22.2 Å². The van der Waals surface area contributed by atoms with Crippen molar-refractivity contribution in [1.82, 2.24) is 14.5 Å². The Hall–Kier alpha value is -3.45. The van der Waals surface area contributed by atoms with Crippen LogP contribution in [0.15, 0.2) is 64.5 Å². The molecule has 37 heavy (non-hydrogen) atoms. The fraction of sp³-hybridized carbons (Fsp3) is 0.375. The summed E-state index contributed by atoms with van der Waals surface area (Å²) in [6.45, 7) is 2.41. The number of aliphatic imine (C=N–C) groups is 1. The van der Waals surface area contributed by atoms with Crippen molar-refractivity contribution in [2.45, 2.75) is 23.9 Å².